The highest BCUT2D eigenvalue weighted by atomic mass is 79.9. The molecule has 0 radical (unpaired) electrons. The lowest BCUT2D eigenvalue weighted by atomic mass is 9.69. The van der Waals surface area contributed by atoms with Crippen molar-refractivity contribution in [3.05, 3.63) is 34.3 Å². The summed E-state index contributed by atoms with van der Waals surface area (Å²) >= 11 is 3.43. The number of carbonyl (C=O) groups is 2. The Bertz CT molecular complexity index is 742. The number of piperidine rings is 1. The summed E-state index contributed by atoms with van der Waals surface area (Å²) in [5, 5.41) is 11.8. The Hall–Kier alpha value is -1.40. The van der Waals surface area contributed by atoms with Crippen molar-refractivity contribution < 1.29 is 19.4 Å². The zero-order valence-electron chi connectivity index (χ0n) is 16.4. The van der Waals surface area contributed by atoms with Crippen LogP contribution in [0, 0.1) is 11.3 Å². The maximum Gasteiger partial charge on any atom is 0.317 e. The van der Waals surface area contributed by atoms with Crippen LogP contribution in [0.2, 0.25) is 0 Å². The van der Waals surface area contributed by atoms with Crippen molar-refractivity contribution in [2.24, 2.45) is 11.3 Å². The van der Waals surface area contributed by atoms with Gasteiger partial charge in [0.25, 0.3) is 0 Å². The summed E-state index contributed by atoms with van der Waals surface area (Å²) < 4.78 is 6.69. The molecule has 6 heteroatoms. The Labute approximate surface area is 169 Å². The third-order valence-corrected chi connectivity index (χ3v) is 6.56. The standard InChI is InChI=1S/C21H28BrNO4/c1-19(2,3)27-18(25)20-11-9-15(13-14-5-7-16(22)8-6-14)21(20,26)23(4)17(24)10-12-20/h5-8,15,26H,9-13H2,1-4H3/t15-,20+,21-/m0/s1. The van der Waals surface area contributed by atoms with Crippen LogP contribution in [-0.2, 0) is 20.7 Å². The van der Waals surface area contributed by atoms with Crippen LogP contribution >= 0.6 is 15.9 Å². The van der Waals surface area contributed by atoms with Crippen LogP contribution in [0.3, 0.4) is 0 Å². The van der Waals surface area contributed by atoms with E-state index in [2.05, 4.69) is 15.9 Å². The molecule has 3 rings (SSSR count). The number of ether oxygens (including phenoxy) is 1. The fourth-order valence-electron chi connectivity index (χ4n) is 4.66. The number of carbonyl (C=O) groups excluding carboxylic acids is 2. The van der Waals surface area contributed by atoms with Crippen molar-refractivity contribution in [1.29, 1.82) is 0 Å². The minimum Gasteiger partial charge on any atom is -0.459 e. The molecule has 1 aromatic carbocycles. The van der Waals surface area contributed by atoms with Gasteiger partial charge in [0.2, 0.25) is 5.91 Å². The topological polar surface area (TPSA) is 66.8 Å². The van der Waals surface area contributed by atoms with Crippen molar-refractivity contribution in [3.8, 4) is 0 Å². The summed E-state index contributed by atoms with van der Waals surface area (Å²) in [4.78, 5) is 27.0. The van der Waals surface area contributed by atoms with Gasteiger partial charge in [-0.3, -0.25) is 9.59 Å². The molecule has 0 aromatic heterocycles. The van der Waals surface area contributed by atoms with Crippen LogP contribution in [-0.4, -0.2) is 40.3 Å². The molecule has 1 N–H and O–H groups in total. The van der Waals surface area contributed by atoms with Gasteiger partial charge >= 0.3 is 5.97 Å². The van der Waals surface area contributed by atoms with Crippen LogP contribution in [0.5, 0.6) is 0 Å². The number of likely N-dealkylation sites (tertiary alicyclic amines) is 1. The summed E-state index contributed by atoms with van der Waals surface area (Å²) in [6.07, 6.45) is 2.38. The predicted molar refractivity (Wildman–Crippen MR) is 106 cm³/mol. The Morgan fingerprint density at radius 3 is 2.52 bits per heavy atom. The van der Waals surface area contributed by atoms with Crippen molar-refractivity contribution in [3.63, 3.8) is 0 Å². The Kier molecular flexibility index (Phi) is 5.19. The second-order valence-corrected chi connectivity index (χ2v) is 9.74. The molecule has 1 aliphatic heterocycles. The highest BCUT2D eigenvalue weighted by Gasteiger charge is 2.69. The maximum atomic E-state index is 13.2. The summed E-state index contributed by atoms with van der Waals surface area (Å²) in [6.45, 7) is 5.48. The molecule has 2 aliphatic rings. The van der Waals surface area contributed by atoms with E-state index in [4.69, 9.17) is 4.74 Å². The number of benzene rings is 1. The zero-order chi connectivity index (χ0) is 20.0. The number of rotatable bonds is 3. The van der Waals surface area contributed by atoms with Crippen molar-refractivity contribution in [2.45, 2.75) is 64.2 Å². The van der Waals surface area contributed by atoms with E-state index in [0.29, 0.717) is 25.7 Å². The molecular weight excluding hydrogens is 410 g/mol. The summed E-state index contributed by atoms with van der Waals surface area (Å²) in [5.74, 6) is -0.741. The first-order valence-corrected chi connectivity index (χ1v) is 10.3. The van der Waals surface area contributed by atoms with Gasteiger partial charge in [-0.15, -0.1) is 0 Å². The zero-order valence-corrected chi connectivity index (χ0v) is 18.0. The van der Waals surface area contributed by atoms with Crippen LogP contribution in [0.1, 0.15) is 52.0 Å². The molecule has 1 aromatic rings. The summed E-state index contributed by atoms with van der Waals surface area (Å²) in [6, 6.07) is 7.94. The molecule has 5 nitrogen and oxygen atoms in total. The molecule has 3 atom stereocenters. The van der Waals surface area contributed by atoms with Crippen LogP contribution < -0.4 is 0 Å². The van der Waals surface area contributed by atoms with Crippen LogP contribution in [0.4, 0.5) is 0 Å². The largest absolute Gasteiger partial charge is 0.459 e. The summed E-state index contributed by atoms with van der Waals surface area (Å²) in [5.41, 5.74) is -2.17. The molecular formula is C21H28BrNO4. The Morgan fingerprint density at radius 1 is 1.30 bits per heavy atom. The van der Waals surface area contributed by atoms with E-state index in [1.165, 1.54) is 4.90 Å². The van der Waals surface area contributed by atoms with Gasteiger partial charge in [-0.25, -0.2) is 0 Å². The number of aliphatic hydroxyl groups is 1. The molecule has 1 saturated heterocycles. The number of fused-ring (bicyclic) bond motifs is 1. The lowest BCUT2D eigenvalue weighted by molar-refractivity contribution is -0.231. The van der Waals surface area contributed by atoms with Crippen molar-refractivity contribution in [2.75, 3.05) is 7.05 Å². The van der Waals surface area contributed by atoms with Gasteiger partial charge in [0.1, 0.15) is 11.0 Å². The number of hydrogen-bond acceptors (Lipinski definition) is 4. The van der Waals surface area contributed by atoms with E-state index in [9.17, 15) is 14.7 Å². The van der Waals surface area contributed by atoms with Gasteiger partial charge in [-0.05, 0) is 64.2 Å². The smallest absolute Gasteiger partial charge is 0.317 e. The van der Waals surface area contributed by atoms with E-state index in [1.54, 1.807) is 7.05 Å². The lowest BCUT2D eigenvalue weighted by Crippen LogP contribution is -2.67. The average molecular weight is 438 g/mol. The third-order valence-electron chi connectivity index (χ3n) is 6.03. The van der Waals surface area contributed by atoms with E-state index in [-0.39, 0.29) is 18.2 Å². The van der Waals surface area contributed by atoms with Gasteiger partial charge in [0, 0.05) is 23.9 Å². The van der Waals surface area contributed by atoms with Gasteiger partial charge in [0.15, 0.2) is 5.72 Å². The fourth-order valence-corrected chi connectivity index (χ4v) is 4.92. The monoisotopic (exact) mass is 437 g/mol. The molecule has 1 heterocycles. The predicted octanol–water partition coefficient (Wildman–Crippen LogP) is 3.67. The van der Waals surface area contributed by atoms with E-state index in [0.717, 1.165) is 10.0 Å². The molecule has 0 bridgehead atoms. The first-order valence-electron chi connectivity index (χ1n) is 9.46. The number of amides is 1. The number of hydrogen-bond donors (Lipinski definition) is 1. The summed E-state index contributed by atoms with van der Waals surface area (Å²) in [7, 11) is 1.61. The first-order chi connectivity index (χ1) is 12.5. The maximum absolute atomic E-state index is 13.2. The van der Waals surface area contributed by atoms with E-state index < -0.39 is 22.7 Å². The van der Waals surface area contributed by atoms with E-state index in [1.807, 2.05) is 45.0 Å². The van der Waals surface area contributed by atoms with Gasteiger partial charge in [-0.1, -0.05) is 28.1 Å². The lowest BCUT2D eigenvalue weighted by Gasteiger charge is -2.52. The minimum absolute atomic E-state index is 0.126. The average Bonchev–Trinajstić information content (AvgIpc) is 2.87. The number of nitrogens with zero attached hydrogens (tertiary/aromatic N) is 1. The quantitative estimate of drug-likeness (QED) is 0.732. The molecule has 1 amide bonds. The SMILES string of the molecule is CN1C(=O)CC[C@@]2(C(=O)OC(C)(C)C)CC[C@@H](Cc3ccc(Br)cc3)[C@@]12O. The van der Waals surface area contributed by atoms with Crippen molar-refractivity contribution >= 4 is 27.8 Å². The van der Waals surface area contributed by atoms with E-state index >= 15 is 0 Å². The first kappa shape index (κ1) is 20.3. The normalized spacial score (nSPS) is 31.0. The van der Waals surface area contributed by atoms with Gasteiger partial charge in [-0.2, -0.15) is 0 Å². The Morgan fingerprint density at radius 2 is 1.93 bits per heavy atom. The van der Waals surface area contributed by atoms with Crippen LogP contribution in [0.15, 0.2) is 28.7 Å². The Balaban J connectivity index is 1.97. The third kappa shape index (κ3) is 3.42. The molecule has 1 saturated carbocycles. The van der Waals surface area contributed by atoms with Crippen molar-refractivity contribution in [1.82, 2.24) is 4.90 Å². The molecule has 0 unspecified atom stereocenters. The van der Waals surface area contributed by atoms with Gasteiger partial charge < -0.3 is 14.7 Å². The number of esters is 1. The van der Waals surface area contributed by atoms with Crippen LogP contribution in [0.25, 0.3) is 0 Å². The highest BCUT2D eigenvalue weighted by molar-refractivity contribution is 9.10. The second-order valence-electron chi connectivity index (χ2n) is 8.83. The molecule has 1 aliphatic carbocycles. The minimum atomic E-state index is -1.53. The second kappa shape index (κ2) is 6.89. The molecule has 2 fully saturated rings. The molecule has 0 spiro atoms. The molecule has 27 heavy (non-hydrogen) atoms. The highest BCUT2D eigenvalue weighted by Crippen LogP contribution is 2.58. The number of halogens is 1. The molecule has 148 valence electrons. The fraction of sp³-hybridized carbons (Fsp3) is 0.619. The van der Waals surface area contributed by atoms with Gasteiger partial charge in [0.05, 0.1) is 0 Å².